The highest BCUT2D eigenvalue weighted by Gasteiger charge is 2.32. The van der Waals surface area contributed by atoms with Crippen molar-refractivity contribution in [2.75, 3.05) is 13.2 Å². The van der Waals surface area contributed by atoms with Gasteiger partial charge in [0, 0.05) is 12.1 Å². The highest BCUT2D eigenvalue weighted by atomic mass is 16.5. The van der Waals surface area contributed by atoms with E-state index in [4.69, 9.17) is 9.47 Å². The minimum atomic E-state index is -0.575. The van der Waals surface area contributed by atoms with Crippen molar-refractivity contribution in [3.8, 4) is 5.75 Å². The predicted molar refractivity (Wildman–Crippen MR) is 106 cm³/mol. The summed E-state index contributed by atoms with van der Waals surface area (Å²) in [7, 11) is 0. The van der Waals surface area contributed by atoms with Gasteiger partial charge in [0.2, 0.25) is 0 Å². The van der Waals surface area contributed by atoms with Gasteiger partial charge in [-0.1, -0.05) is 42.5 Å². The molecule has 0 fully saturated rings. The van der Waals surface area contributed by atoms with Crippen molar-refractivity contribution >= 4 is 12.0 Å². The first-order valence-electron chi connectivity index (χ1n) is 9.30. The molecule has 1 aliphatic rings. The third-order valence-corrected chi connectivity index (χ3v) is 4.48. The van der Waals surface area contributed by atoms with Crippen LogP contribution < -0.4 is 15.4 Å². The number of carbonyl (C=O) groups excluding carboxylic acids is 2. The number of esters is 1. The normalized spacial score (nSPS) is 16.2. The van der Waals surface area contributed by atoms with Crippen LogP contribution in [0.2, 0.25) is 0 Å². The molecule has 0 saturated carbocycles. The molecular weight excluding hydrogens is 356 g/mol. The van der Waals surface area contributed by atoms with E-state index in [9.17, 15) is 9.59 Å². The summed E-state index contributed by atoms with van der Waals surface area (Å²) in [6.07, 6.45) is 0.631. The zero-order valence-corrected chi connectivity index (χ0v) is 16.0. The van der Waals surface area contributed by atoms with Crippen LogP contribution in [0.4, 0.5) is 4.79 Å². The Bertz CT molecular complexity index is 860. The molecule has 0 bridgehead atoms. The lowest BCUT2D eigenvalue weighted by Crippen LogP contribution is -2.45. The van der Waals surface area contributed by atoms with Gasteiger partial charge in [0.05, 0.1) is 24.8 Å². The molecule has 1 unspecified atom stereocenters. The van der Waals surface area contributed by atoms with E-state index >= 15 is 0 Å². The molecule has 0 radical (unpaired) electrons. The Morgan fingerprint density at radius 1 is 1.07 bits per heavy atom. The molecule has 28 heavy (non-hydrogen) atoms. The van der Waals surface area contributed by atoms with Crippen LogP contribution in [0.5, 0.6) is 5.75 Å². The van der Waals surface area contributed by atoms with Gasteiger partial charge in [-0.2, -0.15) is 0 Å². The Kier molecular flexibility index (Phi) is 6.32. The number of allylic oxidation sites excluding steroid dienone is 1. The predicted octanol–water partition coefficient (Wildman–Crippen LogP) is 3.50. The van der Waals surface area contributed by atoms with Crippen LogP contribution in [0.15, 0.2) is 65.9 Å². The maximum absolute atomic E-state index is 12.8. The average Bonchev–Trinajstić information content (AvgIpc) is 2.69. The minimum Gasteiger partial charge on any atom is -0.494 e. The monoisotopic (exact) mass is 380 g/mol. The van der Waals surface area contributed by atoms with E-state index in [0.29, 0.717) is 24.3 Å². The second-order valence-electron chi connectivity index (χ2n) is 6.44. The zero-order chi connectivity index (χ0) is 19.9. The van der Waals surface area contributed by atoms with Gasteiger partial charge in [-0.25, -0.2) is 9.59 Å². The summed E-state index contributed by atoms with van der Waals surface area (Å²) in [4.78, 5) is 24.7. The summed E-state index contributed by atoms with van der Waals surface area (Å²) in [6.45, 7) is 4.45. The molecule has 2 aromatic carbocycles. The standard InChI is InChI=1S/C22H24N2O4/c1-3-27-18-11-9-17(10-12-18)20-19(15(2)23-22(26)24-20)21(25)28-14-13-16-7-5-4-6-8-16/h4-12,20H,3,13-14H2,1-2H3,(H2,23,24,26). The molecule has 3 rings (SSSR count). The first kappa shape index (κ1) is 19.5. The van der Waals surface area contributed by atoms with Crippen LogP contribution in [-0.4, -0.2) is 25.2 Å². The lowest BCUT2D eigenvalue weighted by atomic mass is 9.95. The third kappa shape index (κ3) is 4.71. The number of benzene rings is 2. The van der Waals surface area contributed by atoms with Crippen LogP contribution in [0.25, 0.3) is 0 Å². The average molecular weight is 380 g/mol. The topological polar surface area (TPSA) is 76.7 Å². The molecule has 1 atom stereocenters. The molecule has 0 aliphatic carbocycles. The molecule has 0 saturated heterocycles. The van der Waals surface area contributed by atoms with Crippen molar-refractivity contribution in [1.82, 2.24) is 10.6 Å². The number of rotatable bonds is 7. The molecule has 146 valence electrons. The van der Waals surface area contributed by atoms with Gasteiger partial charge in [-0.3, -0.25) is 0 Å². The van der Waals surface area contributed by atoms with Crippen molar-refractivity contribution in [3.63, 3.8) is 0 Å². The van der Waals surface area contributed by atoms with E-state index in [2.05, 4.69) is 10.6 Å². The summed E-state index contributed by atoms with van der Waals surface area (Å²) in [5.74, 6) is 0.291. The molecule has 1 aliphatic heterocycles. The number of carbonyl (C=O) groups is 2. The first-order valence-corrected chi connectivity index (χ1v) is 9.30. The molecule has 2 amide bonds. The van der Waals surface area contributed by atoms with E-state index in [1.807, 2.05) is 61.5 Å². The van der Waals surface area contributed by atoms with Gasteiger partial charge >= 0.3 is 12.0 Å². The van der Waals surface area contributed by atoms with Crippen molar-refractivity contribution in [1.29, 1.82) is 0 Å². The highest BCUT2D eigenvalue weighted by Crippen LogP contribution is 2.28. The number of amides is 2. The van der Waals surface area contributed by atoms with Crippen molar-refractivity contribution in [2.24, 2.45) is 0 Å². The van der Waals surface area contributed by atoms with Crippen molar-refractivity contribution in [2.45, 2.75) is 26.3 Å². The fourth-order valence-electron chi connectivity index (χ4n) is 3.12. The summed E-state index contributed by atoms with van der Waals surface area (Å²) in [5.41, 5.74) is 2.77. The molecule has 0 aromatic heterocycles. The maximum Gasteiger partial charge on any atom is 0.338 e. The van der Waals surface area contributed by atoms with Crippen LogP contribution >= 0.6 is 0 Å². The van der Waals surface area contributed by atoms with Crippen molar-refractivity contribution in [3.05, 3.63) is 77.0 Å². The Labute approximate surface area is 164 Å². The van der Waals surface area contributed by atoms with Crippen LogP contribution in [0, 0.1) is 0 Å². The van der Waals surface area contributed by atoms with Gasteiger partial charge in [-0.15, -0.1) is 0 Å². The zero-order valence-electron chi connectivity index (χ0n) is 16.0. The van der Waals surface area contributed by atoms with Gasteiger partial charge < -0.3 is 20.1 Å². The van der Waals surface area contributed by atoms with Gasteiger partial charge in [0.25, 0.3) is 0 Å². The van der Waals surface area contributed by atoms with E-state index in [0.717, 1.165) is 16.9 Å². The Balaban J connectivity index is 1.74. The lowest BCUT2D eigenvalue weighted by Gasteiger charge is -2.28. The second kappa shape index (κ2) is 9.08. The number of hydrogen-bond donors (Lipinski definition) is 2. The first-order chi connectivity index (χ1) is 13.6. The summed E-state index contributed by atoms with van der Waals surface area (Å²) >= 11 is 0. The van der Waals surface area contributed by atoms with Gasteiger partial charge in [0.15, 0.2) is 0 Å². The van der Waals surface area contributed by atoms with E-state index in [1.165, 1.54) is 0 Å². The Morgan fingerprint density at radius 2 is 1.79 bits per heavy atom. The lowest BCUT2D eigenvalue weighted by molar-refractivity contribution is -0.139. The maximum atomic E-state index is 12.8. The molecule has 6 heteroatoms. The fraction of sp³-hybridized carbons (Fsp3) is 0.273. The number of nitrogens with one attached hydrogen (secondary N) is 2. The third-order valence-electron chi connectivity index (χ3n) is 4.48. The fourth-order valence-corrected chi connectivity index (χ4v) is 3.12. The molecule has 6 nitrogen and oxygen atoms in total. The van der Waals surface area contributed by atoms with E-state index in [1.54, 1.807) is 6.92 Å². The highest BCUT2D eigenvalue weighted by molar-refractivity contribution is 5.95. The molecular formula is C22H24N2O4. The van der Waals surface area contributed by atoms with Crippen molar-refractivity contribution < 1.29 is 19.1 Å². The number of ether oxygens (including phenoxy) is 2. The van der Waals surface area contributed by atoms with Gasteiger partial charge in [-0.05, 0) is 37.1 Å². The largest absolute Gasteiger partial charge is 0.494 e. The molecule has 1 heterocycles. The van der Waals surface area contributed by atoms with E-state index < -0.39 is 12.0 Å². The summed E-state index contributed by atoms with van der Waals surface area (Å²) < 4.78 is 10.9. The second-order valence-corrected chi connectivity index (χ2v) is 6.44. The van der Waals surface area contributed by atoms with Gasteiger partial charge in [0.1, 0.15) is 5.75 Å². The minimum absolute atomic E-state index is 0.267. The Morgan fingerprint density at radius 3 is 2.46 bits per heavy atom. The van der Waals surface area contributed by atoms with Crippen LogP contribution in [-0.2, 0) is 16.0 Å². The molecule has 2 N–H and O–H groups in total. The SMILES string of the molecule is CCOc1ccc(C2NC(=O)NC(C)=C2C(=O)OCCc2ccccc2)cc1. The molecule has 2 aromatic rings. The number of hydrogen-bond acceptors (Lipinski definition) is 4. The van der Waals surface area contributed by atoms with E-state index in [-0.39, 0.29) is 12.6 Å². The molecule has 0 spiro atoms. The quantitative estimate of drug-likeness (QED) is 0.721. The van der Waals surface area contributed by atoms with Crippen LogP contribution in [0.1, 0.15) is 31.0 Å². The Hall–Kier alpha value is -3.28. The summed E-state index contributed by atoms with van der Waals surface area (Å²) in [5, 5.41) is 5.46. The van der Waals surface area contributed by atoms with Crippen LogP contribution in [0.3, 0.4) is 0 Å². The summed E-state index contributed by atoms with van der Waals surface area (Å²) in [6, 6.07) is 16.2. The number of urea groups is 1. The smallest absolute Gasteiger partial charge is 0.338 e.